The molecule has 3 aromatic rings. The molecule has 0 radical (unpaired) electrons. The van der Waals surface area contributed by atoms with Gasteiger partial charge in [0.05, 0.1) is 25.2 Å². The molecule has 0 aliphatic rings. The number of ether oxygens (including phenoxy) is 1. The molecule has 3 rings (SSSR count). The number of hydrogen-bond donors (Lipinski definition) is 1. The molecule has 5 nitrogen and oxygen atoms in total. The van der Waals surface area contributed by atoms with Crippen molar-refractivity contribution < 1.29 is 9.84 Å². The first-order valence-electron chi connectivity index (χ1n) is 6.99. The molecule has 1 heterocycles. The average Bonchev–Trinajstić information content (AvgIpc) is 2.59. The van der Waals surface area contributed by atoms with E-state index in [-0.39, 0.29) is 18.4 Å². The summed E-state index contributed by atoms with van der Waals surface area (Å²) in [5.74, 6) is 0.103. The smallest absolute Gasteiger partial charge is 0.336 e. The van der Waals surface area contributed by atoms with Crippen molar-refractivity contribution in [1.82, 2.24) is 15.2 Å². The third kappa shape index (κ3) is 4.40. The summed E-state index contributed by atoms with van der Waals surface area (Å²) in [6, 6.07) is 6.65. The number of rotatable bonds is 4. The highest BCUT2D eigenvalue weighted by Crippen LogP contribution is 2.36. The third-order valence-electron chi connectivity index (χ3n) is 3.30. The Morgan fingerprint density at radius 1 is 0.962 bits per heavy atom. The van der Waals surface area contributed by atoms with Crippen molar-refractivity contribution in [3.05, 3.63) is 60.0 Å². The summed E-state index contributed by atoms with van der Waals surface area (Å²) in [5.41, 5.74) is 1.81. The van der Waals surface area contributed by atoms with E-state index in [4.69, 9.17) is 39.5 Å². The molecule has 0 aliphatic heterocycles. The van der Waals surface area contributed by atoms with Crippen LogP contribution in [0.4, 0.5) is 0 Å². The second-order valence-electron chi connectivity index (χ2n) is 5.05. The topological polar surface area (TPSA) is 68.1 Å². The van der Waals surface area contributed by atoms with Crippen LogP contribution >= 0.6 is 66.7 Å². The predicted molar refractivity (Wildman–Crippen MR) is 108 cm³/mol. The minimum absolute atomic E-state index is 0.0756. The molecule has 1 N–H and O–H groups in total. The second kappa shape index (κ2) is 8.27. The summed E-state index contributed by atoms with van der Waals surface area (Å²) in [5, 5.41) is 19.0. The quantitative estimate of drug-likeness (QED) is 0.420. The Morgan fingerprint density at radius 3 is 2.12 bits per heavy atom. The van der Waals surface area contributed by atoms with Crippen molar-refractivity contribution in [2.24, 2.45) is 0 Å². The molecule has 1 aromatic heterocycles. The molecule has 10 heteroatoms. The molecule has 0 saturated carbocycles. The summed E-state index contributed by atoms with van der Waals surface area (Å²) in [7, 11) is 0. The summed E-state index contributed by atoms with van der Waals surface area (Å²) >= 11 is 24.6. The molecule has 0 amide bonds. The highest BCUT2D eigenvalue weighted by Gasteiger charge is 2.12. The van der Waals surface area contributed by atoms with Crippen LogP contribution in [-0.2, 0) is 6.61 Å². The molecule has 26 heavy (non-hydrogen) atoms. The van der Waals surface area contributed by atoms with Crippen molar-refractivity contribution in [2.45, 2.75) is 6.61 Å². The Balaban J connectivity index is 1.77. The molecule has 134 valence electrons. The van der Waals surface area contributed by atoms with Gasteiger partial charge in [0.1, 0.15) is 18.1 Å². The lowest BCUT2D eigenvalue weighted by Crippen LogP contribution is -2.02. The van der Waals surface area contributed by atoms with Crippen LogP contribution in [0.5, 0.6) is 11.8 Å². The zero-order valence-electron chi connectivity index (χ0n) is 12.7. The molecule has 0 saturated heterocycles. The van der Waals surface area contributed by atoms with Crippen molar-refractivity contribution in [3.8, 4) is 23.0 Å². The van der Waals surface area contributed by atoms with E-state index in [1.54, 1.807) is 24.3 Å². The maximum atomic E-state index is 9.77. The summed E-state index contributed by atoms with van der Waals surface area (Å²) in [6.07, 6.45) is 1.51. The van der Waals surface area contributed by atoms with E-state index in [0.717, 1.165) is 5.56 Å². The summed E-state index contributed by atoms with van der Waals surface area (Å²) in [6.45, 7) is 0.0756. The lowest BCUT2D eigenvalue weighted by Gasteiger charge is -2.09. The number of aromatic nitrogens is 3. The minimum atomic E-state index is 0.0756. The predicted octanol–water partition coefficient (Wildman–Crippen LogP) is 6.31. The van der Waals surface area contributed by atoms with Gasteiger partial charge >= 0.3 is 6.01 Å². The van der Waals surface area contributed by atoms with E-state index in [9.17, 15) is 5.11 Å². The van der Waals surface area contributed by atoms with Crippen molar-refractivity contribution in [3.63, 3.8) is 0 Å². The largest absolute Gasteiger partial charge is 0.506 e. The van der Waals surface area contributed by atoms with Gasteiger partial charge in [-0.1, -0.05) is 39.9 Å². The highest BCUT2D eigenvalue weighted by atomic mass is 79.9. The number of benzene rings is 2. The molecular formula is C16H8Br2Cl3N3O2. The van der Waals surface area contributed by atoms with Crippen LogP contribution in [0, 0.1) is 0 Å². The Morgan fingerprint density at radius 2 is 1.58 bits per heavy atom. The number of aromatic hydroxyl groups is 1. The molecule has 0 fully saturated rings. The van der Waals surface area contributed by atoms with E-state index >= 15 is 0 Å². The van der Waals surface area contributed by atoms with E-state index in [0.29, 0.717) is 35.3 Å². The highest BCUT2D eigenvalue weighted by molar-refractivity contribution is 9.11. The SMILES string of the molecule is Oc1c(Br)cc(-c2cnc(OCc3c(Cl)cc(Cl)cc3Cl)nn2)cc1Br. The van der Waals surface area contributed by atoms with E-state index in [1.165, 1.54) is 6.20 Å². The third-order valence-corrected chi connectivity index (χ3v) is 5.41. The fourth-order valence-electron chi connectivity index (χ4n) is 2.02. The van der Waals surface area contributed by atoms with Crippen LogP contribution in [0.25, 0.3) is 11.3 Å². The van der Waals surface area contributed by atoms with Crippen LogP contribution in [0.3, 0.4) is 0 Å². The zero-order valence-corrected chi connectivity index (χ0v) is 18.1. The van der Waals surface area contributed by atoms with Gasteiger partial charge in [0.15, 0.2) is 0 Å². The number of halogens is 5. The molecule has 0 bridgehead atoms. The van der Waals surface area contributed by atoms with Gasteiger partial charge in [-0.05, 0) is 56.1 Å². The first kappa shape index (κ1) is 19.6. The molecule has 0 atom stereocenters. The van der Waals surface area contributed by atoms with E-state index in [2.05, 4.69) is 47.0 Å². The Hall–Kier alpha value is -1.12. The maximum absolute atomic E-state index is 9.77. The van der Waals surface area contributed by atoms with Crippen LogP contribution in [-0.4, -0.2) is 20.3 Å². The first-order valence-corrected chi connectivity index (χ1v) is 9.71. The lowest BCUT2D eigenvalue weighted by atomic mass is 10.1. The number of nitrogens with zero attached hydrogens (tertiary/aromatic N) is 3. The van der Waals surface area contributed by atoms with E-state index < -0.39 is 0 Å². The van der Waals surface area contributed by atoms with Crippen LogP contribution < -0.4 is 4.74 Å². The molecule has 0 aliphatic carbocycles. The minimum Gasteiger partial charge on any atom is -0.506 e. The normalized spacial score (nSPS) is 10.8. The molecular weight excluding hydrogens is 532 g/mol. The second-order valence-corrected chi connectivity index (χ2v) is 8.01. The van der Waals surface area contributed by atoms with Gasteiger partial charge in [-0.2, -0.15) is 0 Å². The monoisotopic (exact) mass is 537 g/mol. The summed E-state index contributed by atoms with van der Waals surface area (Å²) < 4.78 is 6.54. The fourth-order valence-corrected chi connectivity index (χ4v) is 4.14. The zero-order chi connectivity index (χ0) is 18.8. The van der Waals surface area contributed by atoms with Gasteiger partial charge in [-0.3, -0.25) is 0 Å². The van der Waals surface area contributed by atoms with Crippen LogP contribution in [0.1, 0.15) is 5.56 Å². The van der Waals surface area contributed by atoms with Gasteiger partial charge in [0, 0.05) is 16.1 Å². The van der Waals surface area contributed by atoms with Gasteiger partial charge in [-0.15, -0.1) is 5.10 Å². The number of hydrogen-bond acceptors (Lipinski definition) is 5. The van der Waals surface area contributed by atoms with Crippen molar-refractivity contribution in [2.75, 3.05) is 0 Å². The summed E-state index contributed by atoms with van der Waals surface area (Å²) in [4.78, 5) is 4.13. The van der Waals surface area contributed by atoms with Crippen molar-refractivity contribution in [1.29, 1.82) is 0 Å². The lowest BCUT2D eigenvalue weighted by molar-refractivity contribution is 0.277. The molecule has 2 aromatic carbocycles. The molecule has 0 spiro atoms. The van der Waals surface area contributed by atoms with Gasteiger partial charge in [0.2, 0.25) is 0 Å². The first-order chi connectivity index (χ1) is 12.3. The number of phenolic OH excluding ortho intramolecular Hbond substituents is 1. The standard InChI is InChI=1S/C16H8Br2Cl3N3O2/c17-10-1-7(2-11(18)15(10)25)14-5-22-16(24-23-14)26-6-9-12(20)3-8(19)4-13(9)21/h1-5,25H,6H2. The molecule has 0 unspecified atom stereocenters. The van der Waals surface area contributed by atoms with Gasteiger partial charge < -0.3 is 9.84 Å². The number of phenols is 1. The van der Waals surface area contributed by atoms with Crippen molar-refractivity contribution >= 4 is 66.7 Å². The Kier molecular flexibility index (Phi) is 6.25. The maximum Gasteiger partial charge on any atom is 0.336 e. The van der Waals surface area contributed by atoms with Gasteiger partial charge in [0.25, 0.3) is 0 Å². The Bertz CT molecular complexity index is 925. The van der Waals surface area contributed by atoms with Crippen LogP contribution in [0.2, 0.25) is 15.1 Å². The van der Waals surface area contributed by atoms with Gasteiger partial charge in [-0.25, -0.2) is 4.98 Å². The van der Waals surface area contributed by atoms with E-state index in [1.807, 2.05) is 0 Å². The fraction of sp³-hybridized carbons (Fsp3) is 0.0625. The Labute approximate surface area is 180 Å². The van der Waals surface area contributed by atoms with Crippen LogP contribution in [0.15, 0.2) is 39.4 Å². The average molecular weight is 540 g/mol.